The van der Waals surface area contributed by atoms with Gasteiger partial charge in [0, 0.05) is 13.1 Å². The molecule has 1 aromatic carbocycles. The van der Waals surface area contributed by atoms with E-state index in [2.05, 4.69) is 21.4 Å². The molecule has 4 nitrogen and oxygen atoms in total. The van der Waals surface area contributed by atoms with Crippen molar-refractivity contribution < 1.29 is 5.11 Å². The van der Waals surface area contributed by atoms with E-state index < -0.39 is 0 Å². The molecule has 2 N–H and O–H groups in total. The van der Waals surface area contributed by atoms with E-state index in [0.717, 1.165) is 22.8 Å². The van der Waals surface area contributed by atoms with Gasteiger partial charge in [0.2, 0.25) is 0 Å². The number of nitrogens with one attached hydrogen (secondary N) is 1. The quantitative estimate of drug-likeness (QED) is 0.766. The summed E-state index contributed by atoms with van der Waals surface area (Å²) in [5, 5.41) is 13.5. The number of hydrogen-bond donors (Lipinski definition) is 2. The van der Waals surface area contributed by atoms with Crippen LogP contribution >= 0.6 is 11.3 Å². The molecule has 0 unspecified atom stereocenters. The number of para-hydroxylation sites is 1. The van der Waals surface area contributed by atoms with Gasteiger partial charge in [0.25, 0.3) is 0 Å². The van der Waals surface area contributed by atoms with E-state index in [1.807, 2.05) is 18.2 Å². The van der Waals surface area contributed by atoms with Crippen molar-refractivity contribution in [2.24, 2.45) is 0 Å². The van der Waals surface area contributed by atoms with Crippen molar-refractivity contribution in [2.45, 2.75) is 13.1 Å². The largest absolute Gasteiger partial charge is 0.506 e. The van der Waals surface area contributed by atoms with E-state index in [0.29, 0.717) is 6.54 Å². The fourth-order valence-electron chi connectivity index (χ4n) is 1.81. The molecule has 2 aromatic heterocycles. The first-order valence-corrected chi connectivity index (χ1v) is 6.82. The number of pyridine rings is 1. The summed E-state index contributed by atoms with van der Waals surface area (Å²) in [5.41, 5.74) is 1.95. The Bertz CT molecular complexity index is 645. The molecular formula is C14H13N3OS. The maximum absolute atomic E-state index is 9.15. The van der Waals surface area contributed by atoms with Crippen LogP contribution in [0.3, 0.4) is 0 Å². The van der Waals surface area contributed by atoms with Gasteiger partial charge >= 0.3 is 0 Å². The number of fused-ring (bicyclic) bond motifs is 1. The molecule has 0 aliphatic rings. The number of aromatic nitrogens is 2. The van der Waals surface area contributed by atoms with Crippen LogP contribution in [-0.4, -0.2) is 15.1 Å². The number of thiazole rings is 1. The predicted octanol–water partition coefficient (Wildman–Crippen LogP) is 2.69. The third kappa shape index (κ3) is 2.89. The Balaban J connectivity index is 1.61. The van der Waals surface area contributed by atoms with Crippen LogP contribution in [0.2, 0.25) is 0 Å². The van der Waals surface area contributed by atoms with Gasteiger partial charge in [-0.2, -0.15) is 0 Å². The van der Waals surface area contributed by atoms with Crippen molar-refractivity contribution in [2.75, 3.05) is 0 Å². The van der Waals surface area contributed by atoms with Gasteiger partial charge in [-0.3, -0.25) is 4.98 Å². The summed E-state index contributed by atoms with van der Waals surface area (Å²) in [4.78, 5) is 8.68. The number of benzene rings is 1. The second-order valence-corrected chi connectivity index (χ2v) is 5.30. The van der Waals surface area contributed by atoms with Crippen molar-refractivity contribution in [3.05, 3.63) is 53.3 Å². The van der Waals surface area contributed by atoms with Crippen LogP contribution in [0.1, 0.15) is 10.7 Å². The number of rotatable bonds is 4. The summed E-state index contributed by atoms with van der Waals surface area (Å²) in [5.74, 6) is 0.190. The number of nitrogens with zero attached hydrogens (tertiary/aromatic N) is 2. The fourth-order valence-corrected chi connectivity index (χ4v) is 2.75. The van der Waals surface area contributed by atoms with Crippen LogP contribution < -0.4 is 5.32 Å². The molecule has 0 radical (unpaired) electrons. The summed E-state index contributed by atoms with van der Waals surface area (Å²) in [7, 11) is 0. The van der Waals surface area contributed by atoms with E-state index in [1.165, 1.54) is 10.9 Å². The average molecular weight is 271 g/mol. The lowest BCUT2D eigenvalue weighted by molar-refractivity contribution is 0.471. The molecule has 2 heterocycles. The standard InChI is InChI=1S/C14H13N3OS/c18-11-6-5-10(16-8-11)7-15-9-14-17-12-3-1-2-4-13(12)19-14/h1-6,8,15,18H,7,9H2. The normalized spacial score (nSPS) is 10.9. The highest BCUT2D eigenvalue weighted by Gasteiger charge is 2.02. The molecule has 0 bridgehead atoms. The summed E-state index contributed by atoms with van der Waals surface area (Å²) >= 11 is 1.70. The third-order valence-corrected chi connectivity index (χ3v) is 3.77. The Kier molecular flexibility index (Phi) is 3.39. The number of hydrogen-bond acceptors (Lipinski definition) is 5. The van der Waals surface area contributed by atoms with Gasteiger partial charge < -0.3 is 10.4 Å². The smallest absolute Gasteiger partial charge is 0.133 e. The SMILES string of the molecule is Oc1ccc(CNCc2nc3ccccc3s2)nc1. The molecule has 19 heavy (non-hydrogen) atoms. The van der Waals surface area contributed by atoms with Gasteiger partial charge in [0.05, 0.1) is 22.1 Å². The molecular weight excluding hydrogens is 258 g/mol. The summed E-state index contributed by atoms with van der Waals surface area (Å²) < 4.78 is 1.21. The topological polar surface area (TPSA) is 58.0 Å². The fraction of sp³-hybridized carbons (Fsp3) is 0.143. The molecule has 0 aliphatic carbocycles. The van der Waals surface area contributed by atoms with Gasteiger partial charge in [-0.25, -0.2) is 4.98 Å². The zero-order valence-electron chi connectivity index (χ0n) is 10.2. The van der Waals surface area contributed by atoms with Gasteiger partial charge in [-0.1, -0.05) is 12.1 Å². The van der Waals surface area contributed by atoms with E-state index in [4.69, 9.17) is 5.11 Å². The third-order valence-electron chi connectivity index (χ3n) is 2.73. The Labute approximate surface area is 114 Å². The first-order chi connectivity index (χ1) is 9.31. The zero-order valence-corrected chi connectivity index (χ0v) is 11.0. The monoisotopic (exact) mass is 271 g/mol. The van der Waals surface area contributed by atoms with E-state index in [9.17, 15) is 0 Å². The highest BCUT2D eigenvalue weighted by molar-refractivity contribution is 7.18. The Morgan fingerprint density at radius 3 is 2.79 bits per heavy atom. The Morgan fingerprint density at radius 1 is 1.11 bits per heavy atom. The van der Waals surface area contributed by atoms with Gasteiger partial charge in [0.1, 0.15) is 10.8 Å². The first-order valence-electron chi connectivity index (χ1n) is 6.00. The second-order valence-electron chi connectivity index (χ2n) is 4.19. The first kappa shape index (κ1) is 12.1. The minimum absolute atomic E-state index is 0.190. The van der Waals surface area contributed by atoms with Crippen molar-refractivity contribution in [1.29, 1.82) is 0 Å². The highest BCUT2D eigenvalue weighted by Crippen LogP contribution is 2.21. The second kappa shape index (κ2) is 5.34. The summed E-state index contributed by atoms with van der Waals surface area (Å²) in [6.45, 7) is 1.39. The molecule has 0 fully saturated rings. The summed E-state index contributed by atoms with van der Waals surface area (Å²) in [6.07, 6.45) is 1.45. The van der Waals surface area contributed by atoms with Crippen LogP contribution in [-0.2, 0) is 13.1 Å². The van der Waals surface area contributed by atoms with Crippen LogP contribution in [0.5, 0.6) is 5.75 Å². The minimum atomic E-state index is 0.190. The van der Waals surface area contributed by atoms with Gasteiger partial charge in [-0.15, -0.1) is 11.3 Å². The molecule has 5 heteroatoms. The van der Waals surface area contributed by atoms with E-state index >= 15 is 0 Å². The van der Waals surface area contributed by atoms with Crippen LogP contribution in [0.15, 0.2) is 42.6 Å². The molecule has 0 saturated heterocycles. The molecule has 3 rings (SSSR count). The summed E-state index contributed by atoms with van der Waals surface area (Å²) in [6, 6.07) is 11.6. The zero-order chi connectivity index (χ0) is 13.1. The van der Waals surface area contributed by atoms with Gasteiger partial charge in [0.15, 0.2) is 0 Å². The van der Waals surface area contributed by atoms with Crippen LogP contribution in [0.25, 0.3) is 10.2 Å². The molecule has 0 atom stereocenters. The van der Waals surface area contributed by atoms with Crippen molar-refractivity contribution in [3.63, 3.8) is 0 Å². The van der Waals surface area contributed by atoms with Crippen LogP contribution in [0.4, 0.5) is 0 Å². The molecule has 96 valence electrons. The van der Waals surface area contributed by atoms with E-state index in [-0.39, 0.29) is 5.75 Å². The van der Waals surface area contributed by atoms with Gasteiger partial charge in [-0.05, 0) is 24.3 Å². The molecule has 0 saturated carbocycles. The van der Waals surface area contributed by atoms with Crippen molar-refractivity contribution >= 4 is 21.6 Å². The molecule has 0 aliphatic heterocycles. The maximum atomic E-state index is 9.15. The van der Waals surface area contributed by atoms with Crippen molar-refractivity contribution in [1.82, 2.24) is 15.3 Å². The predicted molar refractivity (Wildman–Crippen MR) is 76.1 cm³/mol. The van der Waals surface area contributed by atoms with E-state index in [1.54, 1.807) is 23.5 Å². The lowest BCUT2D eigenvalue weighted by atomic mass is 10.3. The average Bonchev–Trinajstić information content (AvgIpc) is 2.83. The lowest BCUT2D eigenvalue weighted by Gasteiger charge is -2.01. The number of aromatic hydroxyl groups is 1. The molecule has 0 spiro atoms. The Hall–Kier alpha value is -1.98. The van der Waals surface area contributed by atoms with Crippen molar-refractivity contribution in [3.8, 4) is 5.75 Å². The minimum Gasteiger partial charge on any atom is -0.506 e. The molecule has 3 aromatic rings. The lowest BCUT2D eigenvalue weighted by Crippen LogP contribution is -2.13. The Morgan fingerprint density at radius 2 is 2.00 bits per heavy atom. The van der Waals surface area contributed by atoms with Crippen LogP contribution in [0, 0.1) is 0 Å². The highest BCUT2D eigenvalue weighted by atomic mass is 32.1. The molecule has 0 amide bonds. The maximum Gasteiger partial charge on any atom is 0.133 e.